The van der Waals surface area contributed by atoms with E-state index in [9.17, 15) is 0 Å². The Balaban J connectivity index is 2.04. The van der Waals surface area contributed by atoms with Gasteiger partial charge in [0.25, 0.3) is 0 Å². The summed E-state index contributed by atoms with van der Waals surface area (Å²) in [6.07, 6.45) is 0.952. The van der Waals surface area contributed by atoms with E-state index in [1.165, 1.54) is 0 Å². The molecule has 5 nitrogen and oxygen atoms in total. The second kappa shape index (κ2) is 8.21. The Morgan fingerprint density at radius 2 is 1.81 bits per heavy atom. The monoisotopic (exact) mass is 287 g/mol. The van der Waals surface area contributed by atoms with E-state index in [0.29, 0.717) is 24.8 Å². The third-order valence-corrected chi connectivity index (χ3v) is 2.78. The molecule has 1 aromatic heterocycles. The van der Waals surface area contributed by atoms with E-state index in [4.69, 9.17) is 9.47 Å². The molecule has 1 heterocycles. The summed E-state index contributed by atoms with van der Waals surface area (Å²) in [5.41, 5.74) is 0.889. The van der Waals surface area contributed by atoms with Gasteiger partial charge in [-0.05, 0) is 31.2 Å². The van der Waals surface area contributed by atoms with Crippen LogP contribution in [0.15, 0.2) is 36.4 Å². The lowest BCUT2D eigenvalue weighted by Crippen LogP contribution is -2.13. The average molecular weight is 287 g/mol. The van der Waals surface area contributed by atoms with Crippen molar-refractivity contribution < 1.29 is 9.47 Å². The lowest BCUT2D eigenvalue weighted by molar-refractivity contribution is 0.300. The standard InChI is InChI=1S/C16H21N3O2/c1-3-11-20-14-7-5-6-8-15(14)21-16-10-9-13(18-19-16)12-17-4-2/h5-10,17H,3-4,11-12H2,1-2H3. The Morgan fingerprint density at radius 3 is 2.48 bits per heavy atom. The van der Waals surface area contributed by atoms with E-state index in [2.05, 4.69) is 29.4 Å². The SMILES string of the molecule is CCCOc1ccccc1Oc1ccc(CNCC)nn1. The predicted molar refractivity (Wildman–Crippen MR) is 81.7 cm³/mol. The Bertz CT molecular complexity index is 543. The van der Waals surface area contributed by atoms with Crippen LogP contribution in [0.5, 0.6) is 17.4 Å². The average Bonchev–Trinajstić information content (AvgIpc) is 2.53. The number of para-hydroxylation sites is 2. The Labute approximate surface area is 125 Å². The molecule has 2 aromatic rings. The number of hydrogen-bond donors (Lipinski definition) is 1. The normalized spacial score (nSPS) is 10.4. The zero-order chi connectivity index (χ0) is 14.9. The molecular formula is C16H21N3O2. The van der Waals surface area contributed by atoms with Gasteiger partial charge in [-0.15, -0.1) is 5.10 Å². The van der Waals surface area contributed by atoms with Gasteiger partial charge < -0.3 is 14.8 Å². The minimum Gasteiger partial charge on any atom is -0.490 e. The van der Waals surface area contributed by atoms with Crippen LogP contribution in [0, 0.1) is 0 Å². The summed E-state index contributed by atoms with van der Waals surface area (Å²) in [6.45, 7) is 6.39. The van der Waals surface area contributed by atoms with Gasteiger partial charge in [0, 0.05) is 12.6 Å². The van der Waals surface area contributed by atoms with Crippen LogP contribution in [-0.2, 0) is 6.54 Å². The smallest absolute Gasteiger partial charge is 0.239 e. The van der Waals surface area contributed by atoms with Crippen molar-refractivity contribution in [3.05, 3.63) is 42.1 Å². The Kier molecular flexibility index (Phi) is 5.97. The van der Waals surface area contributed by atoms with Crippen LogP contribution in [0.2, 0.25) is 0 Å². The number of rotatable bonds is 8. The van der Waals surface area contributed by atoms with Crippen LogP contribution >= 0.6 is 0 Å². The van der Waals surface area contributed by atoms with E-state index in [1.807, 2.05) is 36.4 Å². The molecule has 2 rings (SSSR count). The summed E-state index contributed by atoms with van der Waals surface area (Å²) >= 11 is 0. The highest BCUT2D eigenvalue weighted by molar-refractivity contribution is 5.41. The lowest BCUT2D eigenvalue weighted by atomic mass is 10.3. The fourth-order valence-corrected chi connectivity index (χ4v) is 1.73. The van der Waals surface area contributed by atoms with Crippen molar-refractivity contribution in [2.24, 2.45) is 0 Å². The topological polar surface area (TPSA) is 56.3 Å². The van der Waals surface area contributed by atoms with Crippen molar-refractivity contribution in [2.75, 3.05) is 13.2 Å². The number of benzene rings is 1. The highest BCUT2D eigenvalue weighted by atomic mass is 16.5. The first-order valence-corrected chi connectivity index (χ1v) is 7.26. The summed E-state index contributed by atoms with van der Waals surface area (Å²) in [5.74, 6) is 1.83. The largest absolute Gasteiger partial charge is 0.490 e. The molecule has 112 valence electrons. The van der Waals surface area contributed by atoms with Crippen LogP contribution < -0.4 is 14.8 Å². The molecule has 0 spiro atoms. The molecule has 1 aromatic carbocycles. The highest BCUT2D eigenvalue weighted by Gasteiger charge is 2.06. The molecule has 0 amide bonds. The molecule has 21 heavy (non-hydrogen) atoms. The minimum atomic E-state index is 0.461. The maximum atomic E-state index is 5.75. The highest BCUT2D eigenvalue weighted by Crippen LogP contribution is 2.30. The summed E-state index contributed by atoms with van der Waals surface area (Å²) in [5, 5.41) is 11.4. The van der Waals surface area contributed by atoms with Crippen LogP contribution in [0.3, 0.4) is 0 Å². The molecule has 0 bridgehead atoms. The van der Waals surface area contributed by atoms with E-state index in [1.54, 1.807) is 0 Å². The van der Waals surface area contributed by atoms with Crippen LogP contribution in [0.4, 0.5) is 0 Å². The summed E-state index contributed by atoms with van der Waals surface area (Å²) in [7, 11) is 0. The van der Waals surface area contributed by atoms with Gasteiger partial charge in [0.2, 0.25) is 5.88 Å². The number of ether oxygens (including phenoxy) is 2. The summed E-state index contributed by atoms with van der Waals surface area (Å²) in [4.78, 5) is 0. The van der Waals surface area contributed by atoms with Crippen LogP contribution in [-0.4, -0.2) is 23.3 Å². The molecule has 0 aliphatic carbocycles. The third-order valence-electron chi connectivity index (χ3n) is 2.78. The van der Waals surface area contributed by atoms with Crippen molar-refractivity contribution in [3.63, 3.8) is 0 Å². The van der Waals surface area contributed by atoms with Crippen molar-refractivity contribution in [1.82, 2.24) is 15.5 Å². The second-order valence-electron chi connectivity index (χ2n) is 4.54. The maximum Gasteiger partial charge on any atom is 0.239 e. The molecule has 1 N–H and O–H groups in total. The zero-order valence-corrected chi connectivity index (χ0v) is 12.5. The number of aromatic nitrogens is 2. The van der Waals surface area contributed by atoms with Crippen LogP contribution in [0.25, 0.3) is 0 Å². The van der Waals surface area contributed by atoms with Gasteiger partial charge in [-0.3, -0.25) is 0 Å². The number of nitrogens with one attached hydrogen (secondary N) is 1. The summed E-state index contributed by atoms with van der Waals surface area (Å²) < 4.78 is 11.4. The predicted octanol–water partition coefficient (Wildman–Crippen LogP) is 3.17. The molecule has 0 unspecified atom stereocenters. The summed E-state index contributed by atoms with van der Waals surface area (Å²) in [6, 6.07) is 11.3. The minimum absolute atomic E-state index is 0.461. The van der Waals surface area contributed by atoms with Crippen molar-refractivity contribution in [3.8, 4) is 17.4 Å². The number of hydrogen-bond acceptors (Lipinski definition) is 5. The Hall–Kier alpha value is -2.14. The molecule has 0 saturated heterocycles. The fourth-order valence-electron chi connectivity index (χ4n) is 1.73. The maximum absolute atomic E-state index is 5.75. The van der Waals surface area contributed by atoms with E-state index in [-0.39, 0.29) is 0 Å². The van der Waals surface area contributed by atoms with Gasteiger partial charge in [-0.1, -0.05) is 26.0 Å². The fraction of sp³-hybridized carbons (Fsp3) is 0.375. The molecule has 0 radical (unpaired) electrons. The quantitative estimate of drug-likeness (QED) is 0.808. The molecule has 0 aliphatic rings. The number of nitrogens with zero attached hydrogens (tertiary/aromatic N) is 2. The molecule has 0 saturated carbocycles. The van der Waals surface area contributed by atoms with E-state index >= 15 is 0 Å². The van der Waals surface area contributed by atoms with Gasteiger partial charge in [-0.25, -0.2) is 0 Å². The van der Waals surface area contributed by atoms with Gasteiger partial charge in [-0.2, -0.15) is 5.10 Å². The van der Waals surface area contributed by atoms with Gasteiger partial charge >= 0.3 is 0 Å². The van der Waals surface area contributed by atoms with E-state index in [0.717, 1.165) is 24.4 Å². The van der Waals surface area contributed by atoms with Crippen molar-refractivity contribution in [1.29, 1.82) is 0 Å². The zero-order valence-electron chi connectivity index (χ0n) is 12.5. The first kappa shape index (κ1) is 15.3. The first-order valence-electron chi connectivity index (χ1n) is 7.26. The molecule has 0 atom stereocenters. The third kappa shape index (κ3) is 4.72. The molecular weight excluding hydrogens is 266 g/mol. The van der Waals surface area contributed by atoms with Crippen molar-refractivity contribution >= 4 is 0 Å². The van der Waals surface area contributed by atoms with Gasteiger partial charge in [0.15, 0.2) is 11.5 Å². The van der Waals surface area contributed by atoms with Crippen LogP contribution in [0.1, 0.15) is 26.0 Å². The molecule has 0 fully saturated rings. The lowest BCUT2D eigenvalue weighted by Gasteiger charge is -2.11. The first-order chi connectivity index (χ1) is 10.3. The Morgan fingerprint density at radius 1 is 1.00 bits per heavy atom. The van der Waals surface area contributed by atoms with E-state index < -0.39 is 0 Å². The molecule has 5 heteroatoms. The second-order valence-corrected chi connectivity index (χ2v) is 4.54. The molecule has 0 aliphatic heterocycles. The van der Waals surface area contributed by atoms with Gasteiger partial charge in [0.05, 0.1) is 12.3 Å². The van der Waals surface area contributed by atoms with Gasteiger partial charge in [0.1, 0.15) is 0 Å². The van der Waals surface area contributed by atoms with Crippen molar-refractivity contribution in [2.45, 2.75) is 26.8 Å².